The van der Waals surface area contributed by atoms with Gasteiger partial charge in [0.15, 0.2) is 0 Å². The Morgan fingerprint density at radius 3 is 2.59 bits per heavy atom. The monoisotopic (exact) mass is 242 g/mol. The summed E-state index contributed by atoms with van der Waals surface area (Å²) in [6.07, 6.45) is 3.99. The molecule has 0 spiro atoms. The highest BCUT2D eigenvalue weighted by Crippen LogP contribution is 2.25. The lowest BCUT2D eigenvalue weighted by atomic mass is 10.1. The third-order valence-electron chi connectivity index (χ3n) is 3.31. The predicted octanol–water partition coefficient (Wildman–Crippen LogP) is 2.12. The fourth-order valence-corrected chi connectivity index (χ4v) is 1.95. The summed E-state index contributed by atoms with van der Waals surface area (Å²) in [6.45, 7) is 12.9. The molecular weight excluding hydrogens is 212 g/mol. The topological polar surface area (TPSA) is 24.5 Å². The molecule has 3 nitrogen and oxygen atoms in total. The molecule has 1 N–H and O–H groups in total. The molecular formula is C14H30N2O. The predicted molar refractivity (Wildman–Crippen MR) is 73.4 cm³/mol. The third-order valence-corrected chi connectivity index (χ3v) is 3.31. The van der Waals surface area contributed by atoms with E-state index in [1.807, 2.05) is 0 Å². The van der Waals surface area contributed by atoms with Gasteiger partial charge in [-0.05, 0) is 31.7 Å². The highest BCUT2D eigenvalue weighted by molar-refractivity contribution is 4.83. The Labute approximate surface area is 107 Å². The van der Waals surface area contributed by atoms with Gasteiger partial charge >= 0.3 is 0 Å². The fraction of sp³-hybridized carbons (Fsp3) is 1.00. The second kappa shape index (κ2) is 8.90. The van der Waals surface area contributed by atoms with E-state index in [2.05, 4.69) is 31.0 Å². The molecule has 0 heterocycles. The van der Waals surface area contributed by atoms with Crippen LogP contribution in [0.2, 0.25) is 0 Å². The number of hydrogen-bond donors (Lipinski definition) is 1. The molecule has 0 bridgehead atoms. The largest absolute Gasteiger partial charge is 0.380 e. The van der Waals surface area contributed by atoms with Crippen molar-refractivity contribution in [2.45, 2.75) is 46.1 Å². The second-order valence-electron chi connectivity index (χ2n) is 5.40. The Bertz CT molecular complexity index is 181. The number of nitrogens with zero attached hydrogens (tertiary/aromatic N) is 1. The molecule has 1 saturated carbocycles. The van der Waals surface area contributed by atoms with Crippen LogP contribution in [0.1, 0.15) is 40.0 Å². The Morgan fingerprint density at radius 1 is 1.24 bits per heavy atom. The van der Waals surface area contributed by atoms with Gasteiger partial charge in [0.05, 0.1) is 6.61 Å². The molecule has 0 radical (unpaired) electrons. The Balaban J connectivity index is 1.80. The van der Waals surface area contributed by atoms with Crippen molar-refractivity contribution in [2.24, 2.45) is 5.92 Å². The zero-order chi connectivity index (χ0) is 12.5. The van der Waals surface area contributed by atoms with Crippen LogP contribution < -0.4 is 5.32 Å². The zero-order valence-corrected chi connectivity index (χ0v) is 11.9. The van der Waals surface area contributed by atoms with Gasteiger partial charge in [-0.25, -0.2) is 0 Å². The van der Waals surface area contributed by atoms with E-state index in [0.717, 1.165) is 38.3 Å². The average molecular weight is 242 g/mol. The number of hydrogen-bond acceptors (Lipinski definition) is 3. The van der Waals surface area contributed by atoms with Gasteiger partial charge in [0.2, 0.25) is 0 Å². The van der Waals surface area contributed by atoms with E-state index < -0.39 is 0 Å². The smallest absolute Gasteiger partial charge is 0.0590 e. The first-order chi connectivity index (χ1) is 8.24. The third kappa shape index (κ3) is 7.74. The molecule has 0 aromatic heterocycles. The summed E-state index contributed by atoms with van der Waals surface area (Å²) in [5, 5.41) is 3.45. The summed E-state index contributed by atoms with van der Waals surface area (Å²) in [5.41, 5.74) is 0. The molecule has 3 heteroatoms. The number of nitrogens with one attached hydrogen (secondary N) is 1. The minimum Gasteiger partial charge on any atom is -0.380 e. The van der Waals surface area contributed by atoms with E-state index >= 15 is 0 Å². The van der Waals surface area contributed by atoms with Crippen LogP contribution in [-0.2, 0) is 4.74 Å². The summed E-state index contributed by atoms with van der Waals surface area (Å²) >= 11 is 0. The maximum atomic E-state index is 5.56. The molecule has 0 saturated heterocycles. The number of likely N-dealkylation sites (N-methyl/N-ethyl adjacent to an activating group) is 1. The van der Waals surface area contributed by atoms with Crippen LogP contribution in [0.4, 0.5) is 0 Å². The van der Waals surface area contributed by atoms with E-state index in [9.17, 15) is 0 Å². The van der Waals surface area contributed by atoms with Crippen molar-refractivity contribution in [1.29, 1.82) is 0 Å². The lowest BCUT2D eigenvalue weighted by molar-refractivity contribution is 0.124. The quantitative estimate of drug-likeness (QED) is 0.562. The summed E-state index contributed by atoms with van der Waals surface area (Å²) in [4.78, 5) is 2.58. The number of ether oxygens (including phenoxy) is 1. The van der Waals surface area contributed by atoms with Crippen LogP contribution in [0, 0.1) is 5.92 Å². The van der Waals surface area contributed by atoms with Gasteiger partial charge in [0.25, 0.3) is 0 Å². The highest BCUT2D eigenvalue weighted by Gasteiger charge is 2.26. The average Bonchev–Trinajstić information content (AvgIpc) is 3.11. The van der Waals surface area contributed by atoms with Gasteiger partial charge < -0.3 is 10.1 Å². The molecule has 1 rings (SSSR count). The van der Waals surface area contributed by atoms with Crippen LogP contribution in [0.5, 0.6) is 0 Å². The fourth-order valence-electron chi connectivity index (χ4n) is 1.95. The van der Waals surface area contributed by atoms with Crippen molar-refractivity contribution in [2.75, 3.05) is 39.4 Å². The first kappa shape index (κ1) is 14.9. The summed E-state index contributed by atoms with van der Waals surface area (Å²) in [6, 6.07) is 0.893. The second-order valence-corrected chi connectivity index (χ2v) is 5.40. The van der Waals surface area contributed by atoms with Crippen LogP contribution in [0.15, 0.2) is 0 Å². The molecule has 0 aromatic rings. The molecule has 1 fully saturated rings. The van der Waals surface area contributed by atoms with Gasteiger partial charge in [-0.1, -0.05) is 20.8 Å². The highest BCUT2D eigenvalue weighted by atomic mass is 16.5. The number of rotatable bonds is 11. The summed E-state index contributed by atoms with van der Waals surface area (Å²) in [7, 11) is 0. The lowest BCUT2D eigenvalue weighted by Crippen LogP contribution is -2.34. The standard InChI is InChI=1S/C14H30N2O/c1-4-16(14-5-6-14)10-8-15-9-12-17-11-7-13(2)3/h13-15H,4-12H2,1-3H3. The molecule has 0 unspecified atom stereocenters. The van der Waals surface area contributed by atoms with Crippen molar-refractivity contribution >= 4 is 0 Å². The van der Waals surface area contributed by atoms with Crippen molar-refractivity contribution < 1.29 is 4.74 Å². The van der Waals surface area contributed by atoms with Crippen LogP contribution in [-0.4, -0.2) is 50.3 Å². The molecule has 1 aliphatic rings. The van der Waals surface area contributed by atoms with E-state index in [1.165, 1.54) is 32.4 Å². The molecule has 0 aliphatic heterocycles. The minimum atomic E-state index is 0.750. The zero-order valence-electron chi connectivity index (χ0n) is 11.9. The molecule has 17 heavy (non-hydrogen) atoms. The minimum absolute atomic E-state index is 0.750. The van der Waals surface area contributed by atoms with Crippen LogP contribution in [0.3, 0.4) is 0 Å². The van der Waals surface area contributed by atoms with E-state index in [4.69, 9.17) is 4.74 Å². The summed E-state index contributed by atoms with van der Waals surface area (Å²) < 4.78 is 5.56. The van der Waals surface area contributed by atoms with Gasteiger partial charge in [0.1, 0.15) is 0 Å². The Morgan fingerprint density at radius 2 is 2.00 bits per heavy atom. The van der Waals surface area contributed by atoms with Crippen LogP contribution in [0.25, 0.3) is 0 Å². The molecule has 102 valence electrons. The van der Waals surface area contributed by atoms with Crippen molar-refractivity contribution in [3.8, 4) is 0 Å². The summed E-state index contributed by atoms with van der Waals surface area (Å²) in [5.74, 6) is 0.750. The first-order valence-corrected chi connectivity index (χ1v) is 7.26. The van der Waals surface area contributed by atoms with E-state index in [0.29, 0.717) is 0 Å². The van der Waals surface area contributed by atoms with Gasteiger partial charge in [-0.2, -0.15) is 0 Å². The van der Waals surface area contributed by atoms with Crippen LogP contribution >= 0.6 is 0 Å². The SMILES string of the molecule is CCN(CCNCCOCCC(C)C)C1CC1. The van der Waals surface area contributed by atoms with Crippen molar-refractivity contribution in [1.82, 2.24) is 10.2 Å². The normalized spacial score (nSPS) is 16.1. The molecule has 0 aromatic carbocycles. The van der Waals surface area contributed by atoms with E-state index in [-0.39, 0.29) is 0 Å². The van der Waals surface area contributed by atoms with Gasteiger partial charge in [0, 0.05) is 32.3 Å². The van der Waals surface area contributed by atoms with Crippen molar-refractivity contribution in [3.05, 3.63) is 0 Å². The maximum absolute atomic E-state index is 5.56. The lowest BCUT2D eigenvalue weighted by Gasteiger charge is -2.19. The van der Waals surface area contributed by atoms with Gasteiger partial charge in [-0.15, -0.1) is 0 Å². The molecule has 0 atom stereocenters. The molecule has 1 aliphatic carbocycles. The molecule has 0 amide bonds. The van der Waals surface area contributed by atoms with Crippen molar-refractivity contribution in [3.63, 3.8) is 0 Å². The first-order valence-electron chi connectivity index (χ1n) is 7.26. The Kier molecular flexibility index (Phi) is 7.82. The van der Waals surface area contributed by atoms with Gasteiger partial charge in [-0.3, -0.25) is 4.90 Å². The Hall–Kier alpha value is -0.120. The van der Waals surface area contributed by atoms with E-state index in [1.54, 1.807) is 0 Å². The maximum Gasteiger partial charge on any atom is 0.0590 e.